The lowest BCUT2D eigenvalue weighted by atomic mass is 9.86. The molecule has 0 aromatic rings. The molecule has 17 heavy (non-hydrogen) atoms. The molecule has 0 heterocycles. The molecule has 0 saturated heterocycles. The van der Waals surface area contributed by atoms with Crippen LogP contribution in [0.25, 0.3) is 0 Å². The minimum absolute atomic E-state index is 0.0179. The van der Waals surface area contributed by atoms with Crippen LogP contribution < -0.4 is 0 Å². The summed E-state index contributed by atoms with van der Waals surface area (Å²) in [7, 11) is 1.48. The Bertz CT molecular complexity index is 246. The number of methoxy groups -OCH3 is 1. The Morgan fingerprint density at radius 2 is 1.59 bits per heavy atom. The van der Waals surface area contributed by atoms with Crippen LogP contribution in [0.2, 0.25) is 0 Å². The summed E-state index contributed by atoms with van der Waals surface area (Å²) in [6.07, 6.45) is 11.0. The molecular formula is C14H24O3. The van der Waals surface area contributed by atoms with Crippen molar-refractivity contribution >= 4 is 5.97 Å². The first-order valence-corrected chi connectivity index (χ1v) is 7.04. The molecule has 0 aromatic heterocycles. The van der Waals surface area contributed by atoms with Crippen molar-refractivity contribution in [3.05, 3.63) is 0 Å². The Labute approximate surface area is 104 Å². The molecule has 0 aliphatic heterocycles. The smallest absolute Gasteiger partial charge is 0.311 e. The predicted molar refractivity (Wildman–Crippen MR) is 65.7 cm³/mol. The van der Waals surface area contributed by atoms with Crippen LogP contribution in [0.3, 0.4) is 0 Å². The lowest BCUT2D eigenvalue weighted by Gasteiger charge is -2.34. The summed E-state index contributed by atoms with van der Waals surface area (Å²) in [4.78, 5) is 11.7. The highest BCUT2D eigenvalue weighted by molar-refractivity contribution is 5.73. The fourth-order valence-electron chi connectivity index (χ4n) is 3.13. The Morgan fingerprint density at radius 3 is 2.29 bits per heavy atom. The van der Waals surface area contributed by atoms with Gasteiger partial charge in [-0.1, -0.05) is 32.1 Å². The van der Waals surface area contributed by atoms with Gasteiger partial charge in [0.15, 0.2) is 0 Å². The molecule has 2 aliphatic rings. The molecule has 2 rings (SSSR count). The molecule has 0 radical (unpaired) electrons. The summed E-state index contributed by atoms with van der Waals surface area (Å²) in [6, 6.07) is 0. The van der Waals surface area contributed by atoms with Gasteiger partial charge < -0.3 is 9.47 Å². The van der Waals surface area contributed by atoms with Crippen LogP contribution in [0.1, 0.15) is 57.8 Å². The third-order valence-electron chi connectivity index (χ3n) is 4.13. The van der Waals surface area contributed by atoms with Crippen molar-refractivity contribution in [2.45, 2.75) is 70.0 Å². The SMILES string of the molecule is COC(=O)C1CCCC[C@@H]1OC1CCCCC1. The van der Waals surface area contributed by atoms with Crippen LogP contribution in [0.4, 0.5) is 0 Å². The first-order chi connectivity index (χ1) is 8.31. The maximum Gasteiger partial charge on any atom is 0.311 e. The molecular weight excluding hydrogens is 216 g/mol. The van der Waals surface area contributed by atoms with Crippen molar-refractivity contribution < 1.29 is 14.3 Å². The Hall–Kier alpha value is -0.570. The van der Waals surface area contributed by atoms with E-state index in [1.165, 1.54) is 45.6 Å². The fourth-order valence-corrected chi connectivity index (χ4v) is 3.13. The summed E-state index contributed by atoms with van der Waals surface area (Å²) >= 11 is 0. The van der Waals surface area contributed by atoms with Gasteiger partial charge in [0.1, 0.15) is 0 Å². The Balaban J connectivity index is 1.88. The molecule has 2 fully saturated rings. The standard InChI is InChI=1S/C14H24O3/c1-16-14(15)12-9-5-6-10-13(12)17-11-7-3-2-4-8-11/h11-13H,2-10H2,1H3/t12?,13-/m0/s1. The van der Waals surface area contributed by atoms with E-state index >= 15 is 0 Å². The first kappa shape index (κ1) is 12.9. The zero-order valence-corrected chi connectivity index (χ0v) is 10.8. The average molecular weight is 240 g/mol. The highest BCUT2D eigenvalue weighted by atomic mass is 16.5. The maximum atomic E-state index is 11.7. The minimum Gasteiger partial charge on any atom is -0.469 e. The zero-order valence-electron chi connectivity index (χ0n) is 10.8. The van der Waals surface area contributed by atoms with Crippen molar-refractivity contribution in [2.24, 2.45) is 5.92 Å². The second kappa shape index (κ2) is 6.39. The molecule has 0 amide bonds. The van der Waals surface area contributed by atoms with E-state index in [-0.39, 0.29) is 18.0 Å². The van der Waals surface area contributed by atoms with Gasteiger partial charge in [-0.15, -0.1) is 0 Å². The summed E-state index contributed by atoms with van der Waals surface area (Å²) in [5.41, 5.74) is 0. The molecule has 0 N–H and O–H groups in total. The van der Waals surface area contributed by atoms with Gasteiger partial charge in [-0.3, -0.25) is 4.79 Å². The molecule has 0 spiro atoms. The van der Waals surface area contributed by atoms with E-state index in [2.05, 4.69) is 0 Å². The van der Waals surface area contributed by atoms with E-state index in [0.29, 0.717) is 6.10 Å². The molecule has 0 bridgehead atoms. The van der Waals surface area contributed by atoms with Gasteiger partial charge in [0.05, 0.1) is 25.2 Å². The monoisotopic (exact) mass is 240 g/mol. The molecule has 3 nitrogen and oxygen atoms in total. The highest BCUT2D eigenvalue weighted by Crippen LogP contribution is 2.31. The topological polar surface area (TPSA) is 35.5 Å². The molecule has 3 heteroatoms. The lowest BCUT2D eigenvalue weighted by Crippen LogP contribution is -2.37. The van der Waals surface area contributed by atoms with Gasteiger partial charge in [0, 0.05) is 0 Å². The highest BCUT2D eigenvalue weighted by Gasteiger charge is 2.34. The van der Waals surface area contributed by atoms with Crippen molar-refractivity contribution in [2.75, 3.05) is 7.11 Å². The number of rotatable bonds is 3. The third kappa shape index (κ3) is 3.44. The van der Waals surface area contributed by atoms with E-state index < -0.39 is 0 Å². The third-order valence-corrected chi connectivity index (χ3v) is 4.13. The van der Waals surface area contributed by atoms with Gasteiger partial charge in [-0.25, -0.2) is 0 Å². The van der Waals surface area contributed by atoms with Crippen LogP contribution in [0.15, 0.2) is 0 Å². The van der Waals surface area contributed by atoms with Crippen LogP contribution in [-0.4, -0.2) is 25.3 Å². The number of hydrogen-bond donors (Lipinski definition) is 0. The second-order valence-corrected chi connectivity index (χ2v) is 5.35. The molecule has 98 valence electrons. The number of carbonyl (C=O) groups excluding carboxylic acids is 1. The summed E-state index contributed by atoms with van der Waals surface area (Å²) in [5.74, 6) is -0.0961. The van der Waals surface area contributed by atoms with Gasteiger partial charge in [-0.2, -0.15) is 0 Å². The average Bonchev–Trinajstić information content (AvgIpc) is 2.40. The Morgan fingerprint density at radius 1 is 0.941 bits per heavy atom. The normalized spacial score (nSPS) is 31.1. The van der Waals surface area contributed by atoms with Crippen LogP contribution in [-0.2, 0) is 14.3 Å². The predicted octanol–water partition coefficient (Wildman–Crippen LogP) is 3.07. The summed E-state index contributed by atoms with van der Waals surface area (Å²) in [6.45, 7) is 0. The molecule has 1 unspecified atom stereocenters. The molecule has 2 atom stereocenters. The molecule has 2 aliphatic carbocycles. The van der Waals surface area contributed by atoms with Crippen LogP contribution in [0, 0.1) is 5.92 Å². The summed E-state index contributed by atoms with van der Waals surface area (Å²) in [5, 5.41) is 0. The van der Waals surface area contributed by atoms with Gasteiger partial charge in [0.2, 0.25) is 0 Å². The van der Waals surface area contributed by atoms with E-state index in [4.69, 9.17) is 9.47 Å². The van der Waals surface area contributed by atoms with E-state index in [9.17, 15) is 4.79 Å². The largest absolute Gasteiger partial charge is 0.469 e. The summed E-state index contributed by atoms with van der Waals surface area (Å²) < 4.78 is 11.1. The fraction of sp³-hybridized carbons (Fsp3) is 0.929. The van der Waals surface area contributed by atoms with E-state index in [1.54, 1.807) is 0 Å². The number of ether oxygens (including phenoxy) is 2. The van der Waals surface area contributed by atoms with Gasteiger partial charge in [0.25, 0.3) is 0 Å². The van der Waals surface area contributed by atoms with Crippen LogP contribution >= 0.6 is 0 Å². The number of carbonyl (C=O) groups is 1. The van der Waals surface area contributed by atoms with Crippen molar-refractivity contribution in [3.8, 4) is 0 Å². The van der Waals surface area contributed by atoms with E-state index in [1.807, 2.05) is 0 Å². The first-order valence-electron chi connectivity index (χ1n) is 7.04. The second-order valence-electron chi connectivity index (χ2n) is 5.35. The number of esters is 1. The number of hydrogen-bond acceptors (Lipinski definition) is 3. The van der Waals surface area contributed by atoms with Gasteiger partial charge >= 0.3 is 5.97 Å². The van der Waals surface area contributed by atoms with Gasteiger partial charge in [-0.05, 0) is 25.7 Å². The minimum atomic E-state index is -0.0782. The van der Waals surface area contributed by atoms with Crippen molar-refractivity contribution in [3.63, 3.8) is 0 Å². The lowest BCUT2D eigenvalue weighted by molar-refractivity contribution is -0.157. The van der Waals surface area contributed by atoms with E-state index in [0.717, 1.165) is 19.3 Å². The quantitative estimate of drug-likeness (QED) is 0.711. The molecule has 2 saturated carbocycles. The molecule has 0 aromatic carbocycles. The zero-order chi connectivity index (χ0) is 12.1. The Kier molecular flexibility index (Phi) is 4.84. The van der Waals surface area contributed by atoms with Crippen LogP contribution in [0.5, 0.6) is 0 Å². The van der Waals surface area contributed by atoms with Crippen molar-refractivity contribution in [1.29, 1.82) is 0 Å². The van der Waals surface area contributed by atoms with Crippen molar-refractivity contribution in [1.82, 2.24) is 0 Å². The maximum absolute atomic E-state index is 11.7.